The van der Waals surface area contributed by atoms with Gasteiger partial charge in [0.2, 0.25) is 0 Å². The summed E-state index contributed by atoms with van der Waals surface area (Å²) in [5.41, 5.74) is 6.71. The van der Waals surface area contributed by atoms with Crippen LogP contribution in [0, 0.1) is 0 Å². The van der Waals surface area contributed by atoms with Crippen LogP contribution in [0.5, 0.6) is 5.75 Å². The van der Waals surface area contributed by atoms with E-state index in [9.17, 15) is 9.18 Å². The van der Waals surface area contributed by atoms with E-state index in [0.29, 0.717) is 42.7 Å². The molecule has 19 heavy (non-hydrogen) atoms. The lowest BCUT2D eigenvalue weighted by molar-refractivity contribution is 0.0916. The van der Waals surface area contributed by atoms with E-state index in [2.05, 4.69) is 5.32 Å². The zero-order valence-electron chi connectivity index (χ0n) is 11.0. The van der Waals surface area contributed by atoms with Crippen LogP contribution in [0.2, 0.25) is 0 Å². The Balaban J connectivity index is 2.00. The van der Waals surface area contributed by atoms with E-state index in [0.717, 1.165) is 0 Å². The second kappa shape index (κ2) is 5.91. The first-order chi connectivity index (χ1) is 9.10. The Hall–Kier alpha value is -1.78. The number of carbonyl (C=O) groups excluding carboxylic acids is 1. The highest BCUT2D eigenvalue weighted by Gasteiger charge is 2.22. The molecule has 0 radical (unpaired) electrons. The largest absolute Gasteiger partial charge is 0.495 e. The molecule has 1 aliphatic carbocycles. The average molecular weight is 266 g/mol. The Kier molecular flexibility index (Phi) is 4.24. The molecule has 1 aromatic rings. The first kappa shape index (κ1) is 13.6. The van der Waals surface area contributed by atoms with Crippen molar-refractivity contribution in [1.29, 1.82) is 0 Å². The lowest BCUT2D eigenvalue weighted by Crippen LogP contribution is -2.37. The molecule has 0 bridgehead atoms. The van der Waals surface area contributed by atoms with Crippen LogP contribution >= 0.6 is 0 Å². The molecule has 1 saturated carbocycles. The Labute approximate surface area is 112 Å². The number of nitrogen functional groups attached to an aromatic ring is 1. The first-order valence-corrected chi connectivity index (χ1v) is 6.48. The molecule has 0 aliphatic heterocycles. The van der Waals surface area contributed by atoms with Crippen LogP contribution in [0.25, 0.3) is 0 Å². The summed E-state index contributed by atoms with van der Waals surface area (Å²) in [6, 6.07) is 4.98. The number of halogens is 1. The van der Waals surface area contributed by atoms with E-state index < -0.39 is 6.17 Å². The van der Waals surface area contributed by atoms with E-state index >= 15 is 0 Å². The number of nitrogens with one attached hydrogen (secondary N) is 1. The number of hydrogen-bond donors (Lipinski definition) is 2. The van der Waals surface area contributed by atoms with E-state index in [1.165, 1.54) is 7.11 Å². The van der Waals surface area contributed by atoms with Crippen molar-refractivity contribution >= 4 is 11.6 Å². The predicted octanol–water partition coefficient (Wildman–Crippen LogP) is 2.29. The highest BCUT2D eigenvalue weighted by molar-refractivity contribution is 5.95. The number of nitrogens with two attached hydrogens (primary N) is 1. The highest BCUT2D eigenvalue weighted by Crippen LogP contribution is 2.24. The van der Waals surface area contributed by atoms with Gasteiger partial charge in [-0.05, 0) is 43.9 Å². The minimum absolute atomic E-state index is 0.0584. The minimum Gasteiger partial charge on any atom is -0.495 e. The van der Waals surface area contributed by atoms with Gasteiger partial charge in [-0.15, -0.1) is 0 Å². The van der Waals surface area contributed by atoms with Gasteiger partial charge < -0.3 is 15.8 Å². The summed E-state index contributed by atoms with van der Waals surface area (Å²) in [5, 5.41) is 2.92. The lowest BCUT2D eigenvalue weighted by Gasteiger charge is -2.25. The van der Waals surface area contributed by atoms with Gasteiger partial charge in [-0.3, -0.25) is 4.79 Å². The van der Waals surface area contributed by atoms with Crippen LogP contribution in [0.15, 0.2) is 18.2 Å². The maximum atomic E-state index is 13.0. The number of carbonyl (C=O) groups is 1. The minimum atomic E-state index is -0.718. The van der Waals surface area contributed by atoms with E-state index in [1.54, 1.807) is 18.2 Å². The van der Waals surface area contributed by atoms with Gasteiger partial charge in [-0.2, -0.15) is 0 Å². The summed E-state index contributed by atoms with van der Waals surface area (Å²) in [6.45, 7) is 0. The van der Waals surface area contributed by atoms with Crippen LogP contribution in [-0.4, -0.2) is 25.2 Å². The quantitative estimate of drug-likeness (QED) is 0.825. The Bertz CT molecular complexity index is 457. The van der Waals surface area contributed by atoms with Gasteiger partial charge in [-0.25, -0.2) is 4.39 Å². The van der Waals surface area contributed by atoms with Gasteiger partial charge in [0.25, 0.3) is 5.91 Å². The van der Waals surface area contributed by atoms with Gasteiger partial charge in [0.05, 0.1) is 12.8 Å². The number of amides is 1. The van der Waals surface area contributed by atoms with Gasteiger partial charge >= 0.3 is 0 Å². The molecule has 0 atom stereocenters. The van der Waals surface area contributed by atoms with Crippen molar-refractivity contribution in [2.75, 3.05) is 12.8 Å². The molecule has 4 nitrogen and oxygen atoms in total. The zero-order valence-corrected chi connectivity index (χ0v) is 11.0. The number of alkyl halides is 1. The van der Waals surface area contributed by atoms with E-state index in [-0.39, 0.29) is 11.9 Å². The molecular weight excluding hydrogens is 247 g/mol. The van der Waals surface area contributed by atoms with Crippen LogP contribution in [0.3, 0.4) is 0 Å². The third-order valence-electron chi connectivity index (χ3n) is 3.49. The Morgan fingerprint density at radius 1 is 1.37 bits per heavy atom. The molecule has 0 spiro atoms. The normalized spacial score (nSPS) is 22.8. The number of anilines is 1. The molecule has 5 heteroatoms. The fraction of sp³-hybridized carbons (Fsp3) is 0.500. The molecular formula is C14H19FN2O2. The molecule has 1 fully saturated rings. The summed E-state index contributed by atoms with van der Waals surface area (Å²) >= 11 is 0. The van der Waals surface area contributed by atoms with Crippen LogP contribution < -0.4 is 15.8 Å². The number of rotatable bonds is 3. The lowest BCUT2D eigenvalue weighted by atomic mass is 9.94. The topological polar surface area (TPSA) is 64.3 Å². The second-order valence-electron chi connectivity index (χ2n) is 4.88. The van der Waals surface area contributed by atoms with E-state index in [4.69, 9.17) is 10.5 Å². The second-order valence-corrected chi connectivity index (χ2v) is 4.88. The monoisotopic (exact) mass is 266 g/mol. The fourth-order valence-corrected chi connectivity index (χ4v) is 2.32. The molecule has 0 heterocycles. The molecule has 3 N–H and O–H groups in total. The average Bonchev–Trinajstić information content (AvgIpc) is 2.42. The van der Waals surface area contributed by atoms with Crippen molar-refractivity contribution in [2.45, 2.75) is 37.9 Å². The molecule has 0 aromatic heterocycles. The number of methoxy groups -OCH3 is 1. The Morgan fingerprint density at radius 2 is 2.05 bits per heavy atom. The number of ether oxygens (including phenoxy) is 1. The zero-order chi connectivity index (χ0) is 13.8. The fourth-order valence-electron chi connectivity index (χ4n) is 2.32. The Morgan fingerprint density at radius 3 is 2.68 bits per heavy atom. The number of benzene rings is 1. The van der Waals surface area contributed by atoms with Crippen molar-refractivity contribution in [1.82, 2.24) is 5.32 Å². The summed E-state index contributed by atoms with van der Waals surface area (Å²) in [7, 11) is 1.51. The molecule has 1 aliphatic rings. The highest BCUT2D eigenvalue weighted by atomic mass is 19.1. The van der Waals surface area contributed by atoms with Crippen LogP contribution in [-0.2, 0) is 0 Å². The molecule has 1 aromatic carbocycles. The van der Waals surface area contributed by atoms with Gasteiger partial charge in [0, 0.05) is 11.6 Å². The summed E-state index contributed by atoms with van der Waals surface area (Å²) in [6.07, 6.45) is 1.72. The SMILES string of the molecule is COc1cc(C(=O)N[C@H]2CC[C@@H](F)CC2)ccc1N. The summed E-state index contributed by atoms with van der Waals surface area (Å²) < 4.78 is 18.1. The molecule has 0 unspecified atom stereocenters. The standard InChI is InChI=1S/C14H19FN2O2/c1-19-13-8-9(2-7-12(13)16)14(18)17-11-5-3-10(15)4-6-11/h2,7-8,10-11H,3-6,16H2,1H3,(H,17,18)/t10-,11+. The third kappa shape index (κ3) is 3.36. The van der Waals surface area contributed by atoms with Crippen LogP contribution in [0.4, 0.5) is 10.1 Å². The first-order valence-electron chi connectivity index (χ1n) is 6.48. The van der Waals surface area contributed by atoms with Gasteiger partial charge in [0.1, 0.15) is 11.9 Å². The van der Waals surface area contributed by atoms with Crippen molar-refractivity contribution in [3.8, 4) is 5.75 Å². The molecule has 0 saturated heterocycles. The third-order valence-corrected chi connectivity index (χ3v) is 3.49. The van der Waals surface area contributed by atoms with Crippen molar-refractivity contribution in [3.05, 3.63) is 23.8 Å². The molecule has 104 valence electrons. The molecule has 1 amide bonds. The predicted molar refractivity (Wildman–Crippen MR) is 72.0 cm³/mol. The van der Waals surface area contributed by atoms with Crippen molar-refractivity contribution in [3.63, 3.8) is 0 Å². The van der Waals surface area contributed by atoms with Crippen molar-refractivity contribution < 1.29 is 13.9 Å². The smallest absolute Gasteiger partial charge is 0.251 e. The maximum absolute atomic E-state index is 13.0. The van der Waals surface area contributed by atoms with Crippen molar-refractivity contribution in [2.24, 2.45) is 0 Å². The summed E-state index contributed by atoms with van der Waals surface area (Å²) in [4.78, 5) is 12.1. The molecule has 2 rings (SSSR count). The maximum Gasteiger partial charge on any atom is 0.251 e. The van der Waals surface area contributed by atoms with Crippen LogP contribution in [0.1, 0.15) is 36.0 Å². The van der Waals surface area contributed by atoms with Gasteiger partial charge in [-0.1, -0.05) is 0 Å². The number of hydrogen-bond acceptors (Lipinski definition) is 3. The van der Waals surface area contributed by atoms with E-state index in [1.807, 2.05) is 0 Å². The summed E-state index contributed by atoms with van der Waals surface area (Å²) in [5.74, 6) is 0.320. The van der Waals surface area contributed by atoms with Gasteiger partial charge in [0.15, 0.2) is 0 Å².